The second-order valence-corrected chi connectivity index (χ2v) is 13.9. The summed E-state index contributed by atoms with van der Waals surface area (Å²) >= 11 is 0. The van der Waals surface area contributed by atoms with Crippen molar-refractivity contribution in [1.82, 2.24) is 4.98 Å². The molecule has 0 radical (unpaired) electrons. The summed E-state index contributed by atoms with van der Waals surface area (Å²) in [6.07, 6.45) is 6.31. The van der Waals surface area contributed by atoms with Crippen LogP contribution in [0.3, 0.4) is 0 Å². The van der Waals surface area contributed by atoms with Crippen molar-refractivity contribution in [3.05, 3.63) is 59.0 Å². The van der Waals surface area contributed by atoms with E-state index in [1.807, 2.05) is 19.9 Å². The Morgan fingerprint density at radius 2 is 1.87 bits per heavy atom. The normalized spacial score (nSPS) is 47.3. The number of aromatic amines is 1. The Morgan fingerprint density at radius 1 is 1.08 bits per heavy atom. The minimum absolute atomic E-state index is 0.223. The number of hydrogen-bond donors (Lipinski definition) is 2. The zero-order valence-corrected chi connectivity index (χ0v) is 23.3. The highest BCUT2D eigenvalue weighted by atomic mass is 16.8. The number of allylic oxidation sites excluding steroid dienone is 2. The number of H-pyrrole nitrogens is 1. The molecule has 1 saturated carbocycles. The van der Waals surface area contributed by atoms with Crippen molar-refractivity contribution in [3.8, 4) is 0 Å². The van der Waals surface area contributed by atoms with Crippen molar-refractivity contribution >= 4 is 10.9 Å². The van der Waals surface area contributed by atoms with E-state index in [-0.39, 0.29) is 23.7 Å². The van der Waals surface area contributed by atoms with Crippen molar-refractivity contribution in [2.45, 2.75) is 114 Å². The lowest BCUT2D eigenvalue weighted by Crippen LogP contribution is -2.73. The number of aliphatic hydroxyl groups is 1. The summed E-state index contributed by atoms with van der Waals surface area (Å²) in [5.74, 6) is 1.25. The molecule has 1 spiro atoms. The first kappa shape index (κ1) is 23.7. The molecule has 8 rings (SSSR count). The van der Waals surface area contributed by atoms with Crippen molar-refractivity contribution in [2.24, 2.45) is 11.3 Å². The number of para-hydroxylation sites is 1. The van der Waals surface area contributed by atoms with Gasteiger partial charge in [0.25, 0.3) is 0 Å². The average molecular weight is 518 g/mol. The predicted octanol–water partition coefficient (Wildman–Crippen LogP) is 5.44. The van der Waals surface area contributed by atoms with E-state index in [2.05, 4.69) is 63.0 Å². The molecule has 0 amide bonds. The maximum absolute atomic E-state index is 13.0. The van der Waals surface area contributed by atoms with Crippen molar-refractivity contribution < 1.29 is 24.1 Å². The predicted molar refractivity (Wildman–Crippen MR) is 144 cm³/mol. The van der Waals surface area contributed by atoms with Gasteiger partial charge in [0.15, 0.2) is 18.0 Å². The van der Waals surface area contributed by atoms with E-state index in [1.165, 1.54) is 22.2 Å². The highest BCUT2D eigenvalue weighted by Crippen LogP contribution is 2.75. The Hall–Kier alpha value is -2.12. The Labute approximate surface area is 224 Å². The number of aromatic nitrogens is 1. The highest BCUT2D eigenvalue weighted by molar-refractivity contribution is 5.86. The van der Waals surface area contributed by atoms with E-state index in [9.17, 15) is 5.11 Å². The molecule has 6 nitrogen and oxygen atoms in total. The van der Waals surface area contributed by atoms with Gasteiger partial charge in [0.2, 0.25) is 0 Å². The van der Waals surface area contributed by atoms with Gasteiger partial charge in [-0.2, -0.15) is 0 Å². The van der Waals surface area contributed by atoms with Gasteiger partial charge in [0, 0.05) is 27.4 Å². The fourth-order valence-corrected chi connectivity index (χ4v) is 9.41. The number of rotatable bonds is 1. The largest absolute Gasteiger partial charge is 0.486 e. The summed E-state index contributed by atoms with van der Waals surface area (Å²) < 4.78 is 26.3. The van der Waals surface area contributed by atoms with Crippen LogP contribution in [0, 0.1) is 11.3 Å². The quantitative estimate of drug-likeness (QED) is 0.389. The van der Waals surface area contributed by atoms with Gasteiger partial charge in [0.1, 0.15) is 29.2 Å². The first-order valence-electron chi connectivity index (χ1n) is 14.3. The molecule has 38 heavy (non-hydrogen) atoms. The van der Waals surface area contributed by atoms with Crippen LogP contribution >= 0.6 is 0 Å². The third kappa shape index (κ3) is 2.47. The molecule has 2 N–H and O–H groups in total. The molecule has 1 aromatic carbocycles. The van der Waals surface area contributed by atoms with Gasteiger partial charge in [-0.3, -0.25) is 0 Å². The van der Waals surface area contributed by atoms with Gasteiger partial charge in [-0.25, -0.2) is 0 Å². The maximum Gasteiger partial charge on any atom is 0.183 e. The van der Waals surface area contributed by atoms with Gasteiger partial charge in [-0.1, -0.05) is 37.6 Å². The zero-order chi connectivity index (χ0) is 26.5. The van der Waals surface area contributed by atoms with Gasteiger partial charge >= 0.3 is 0 Å². The molecule has 3 aliphatic heterocycles. The van der Waals surface area contributed by atoms with Crippen LogP contribution in [-0.2, 0) is 30.8 Å². The van der Waals surface area contributed by atoms with E-state index in [1.54, 1.807) is 0 Å². The number of nitrogens with one attached hydrogen (secondary N) is 1. The SMILES string of the molecule is CC(C)=CC1OC2C(OC3=CCC4(C)C5(C)c6[nH]c7ccccc7c6CC5CCC4(O)C34OC24)C(C)(C)O1. The summed E-state index contributed by atoms with van der Waals surface area (Å²) in [6, 6.07) is 8.63. The molecule has 4 fully saturated rings. The van der Waals surface area contributed by atoms with E-state index in [0.717, 1.165) is 30.6 Å². The van der Waals surface area contributed by atoms with Crippen LogP contribution in [0.4, 0.5) is 0 Å². The summed E-state index contributed by atoms with van der Waals surface area (Å²) in [4.78, 5) is 3.82. The molecule has 202 valence electrons. The molecular formula is C32H39NO5. The monoisotopic (exact) mass is 517 g/mol. The average Bonchev–Trinajstić information content (AvgIpc) is 3.43. The van der Waals surface area contributed by atoms with E-state index in [4.69, 9.17) is 18.9 Å². The van der Waals surface area contributed by atoms with Crippen LogP contribution < -0.4 is 0 Å². The van der Waals surface area contributed by atoms with E-state index in [0.29, 0.717) is 12.3 Å². The van der Waals surface area contributed by atoms with Gasteiger partial charge in [-0.15, -0.1) is 0 Å². The summed E-state index contributed by atoms with van der Waals surface area (Å²) in [5, 5.41) is 14.4. The number of fused-ring (bicyclic) bond motifs is 9. The fraction of sp³-hybridized carbons (Fsp3) is 0.625. The Balaban J connectivity index is 1.25. The molecule has 3 saturated heterocycles. The molecule has 3 aliphatic carbocycles. The lowest BCUT2D eigenvalue weighted by atomic mass is 9.42. The number of benzene rings is 1. The van der Waals surface area contributed by atoms with E-state index >= 15 is 0 Å². The maximum atomic E-state index is 13.0. The molecule has 2 aromatic rings. The van der Waals surface area contributed by atoms with Gasteiger partial charge in [-0.05, 0) is 83.1 Å². The molecule has 9 atom stereocenters. The zero-order valence-electron chi connectivity index (χ0n) is 23.3. The van der Waals surface area contributed by atoms with Crippen molar-refractivity contribution in [2.75, 3.05) is 0 Å². The Morgan fingerprint density at radius 3 is 2.66 bits per heavy atom. The highest BCUT2D eigenvalue weighted by Gasteiger charge is 2.86. The number of hydrogen-bond acceptors (Lipinski definition) is 5. The minimum atomic E-state index is -1.08. The lowest BCUT2D eigenvalue weighted by molar-refractivity contribution is -0.314. The lowest BCUT2D eigenvalue weighted by Gasteiger charge is -2.64. The summed E-state index contributed by atoms with van der Waals surface area (Å²) in [6.45, 7) is 12.9. The van der Waals surface area contributed by atoms with Crippen LogP contribution in [-0.4, -0.2) is 51.5 Å². The molecule has 1 aromatic heterocycles. The summed E-state index contributed by atoms with van der Waals surface area (Å²) in [5.41, 5.74) is 1.87. The van der Waals surface area contributed by atoms with Crippen LogP contribution in [0.1, 0.15) is 72.1 Å². The first-order chi connectivity index (χ1) is 18.0. The minimum Gasteiger partial charge on any atom is -0.486 e. The molecule has 0 bridgehead atoms. The second-order valence-electron chi connectivity index (χ2n) is 13.9. The smallest absolute Gasteiger partial charge is 0.183 e. The van der Waals surface area contributed by atoms with Crippen molar-refractivity contribution in [3.63, 3.8) is 0 Å². The van der Waals surface area contributed by atoms with Crippen molar-refractivity contribution in [1.29, 1.82) is 0 Å². The van der Waals surface area contributed by atoms with Crippen LogP contribution in [0.5, 0.6) is 0 Å². The standard InChI is InChI=1S/C32H39NO5/c1-17(2)15-23-36-24-26(28(3,4)37-23)35-22-12-13-29(5)30(6)18(11-14-31(29,34)32(22)27(24)38-32)16-20-19-9-7-8-10-21(19)33-25(20)30/h7-10,12,15,18,23-24,26-27,33-34H,11,13-14,16H2,1-6H3. The number of epoxide rings is 1. The van der Waals surface area contributed by atoms with Crippen LogP contribution in [0.2, 0.25) is 0 Å². The van der Waals surface area contributed by atoms with Crippen LogP contribution in [0.25, 0.3) is 10.9 Å². The molecule has 6 aliphatic rings. The Bertz CT molecular complexity index is 1430. The van der Waals surface area contributed by atoms with Gasteiger partial charge < -0.3 is 29.0 Å². The van der Waals surface area contributed by atoms with Gasteiger partial charge in [0.05, 0.1) is 0 Å². The third-order valence-electron chi connectivity index (χ3n) is 11.6. The number of ether oxygens (including phenoxy) is 4. The van der Waals surface area contributed by atoms with E-state index < -0.39 is 28.5 Å². The first-order valence-corrected chi connectivity index (χ1v) is 14.3. The fourth-order valence-electron chi connectivity index (χ4n) is 9.41. The molecule has 6 heteroatoms. The molecule has 9 unspecified atom stereocenters. The molecular weight excluding hydrogens is 478 g/mol. The Kier molecular flexibility index (Phi) is 4.34. The second kappa shape index (κ2) is 6.95. The topological polar surface area (TPSA) is 76.2 Å². The molecule has 4 heterocycles. The third-order valence-corrected chi connectivity index (χ3v) is 11.6. The van der Waals surface area contributed by atoms with Crippen LogP contribution in [0.15, 0.2) is 47.7 Å². The summed E-state index contributed by atoms with van der Waals surface area (Å²) in [7, 11) is 0.